The van der Waals surface area contributed by atoms with E-state index in [0.717, 1.165) is 44.0 Å². The number of rotatable bonds is 7. The minimum atomic E-state index is -0.139. The van der Waals surface area contributed by atoms with E-state index in [9.17, 15) is 5.11 Å². The minimum Gasteiger partial charge on any atom is -0.396 e. The fourth-order valence-electron chi connectivity index (χ4n) is 3.12. The highest BCUT2D eigenvalue weighted by Gasteiger charge is 2.35. The predicted molar refractivity (Wildman–Crippen MR) is 92.7 cm³/mol. The number of hydrogen-bond donors (Lipinski definition) is 3. The molecule has 1 fully saturated rings. The maximum Gasteiger partial charge on any atom is 0.223 e. The van der Waals surface area contributed by atoms with Gasteiger partial charge in [0, 0.05) is 44.3 Å². The first-order valence-corrected chi connectivity index (χ1v) is 8.24. The summed E-state index contributed by atoms with van der Waals surface area (Å²) in [6.07, 6.45) is 2.86. The molecule has 1 aromatic heterocycles. The molecule has 7 nitrogen and oxygen atoms in total. The van der Waals surface area contributed by atoms with Crippen LogP contribution in [0.25, 0.3) is 0 Å². The number of nitrogens with two attached hydrogens (primary N) is 1. The number of piperidine rings is 1. The zero-order valence-corrected chi connectivity index (χ0v) is 14.4. The standard InChI is InChI=1S/C16H29N5O2/c1-12(2)18-13-9-14(20-15(17)19-13)21-7-4-5-16(10-21,11-22)6-8-23-3/h9,12,22H,4-8,10-11H2,1-3H3,(H3,17,18,19,20)/t16-/m0/s1. The highest BCUT2D eigenvalue weighted by atomic mass is 16.5. The number of methoxy groups -OCH3 is 1. The third kappa shape index (κ3) is 4.68. The zero-order chi connectivity index (χ0) is 16.9. The summed E-state index contributed by atoms with van der Waals surface area (Å²) < 4.78 is 5.21. The fourth-order valence-corrected chi connectivity index (χ4v) is 3.12. The summed E-state index contributed by atoms with van der Waals surface area (Å²) in [7, 11) is 1.70. The smallest absolute Gasteiger partial charge is 0.223 e. The van der Waals surface area contributed by atoms with E-state index in [1.165, 1.54) is 0 Å². The van der Waals surface area contributed by atoms with Crippen LogP contribution >= 0.6 is 0 Å². The molecule has 1 aliphatic rings. The molecule has 0 aliphatic carbocycles. The van der Waals surface area contributed by atoms with Crippen molar-refractivity contribution in [3.8, 4) is 0 Å². The SMILES string of the molecule is COCC[C@@]1(CO)CCCN(c2cc(NC(C)C)nc(N)n2)C1. The van der Waals surface area contributed by atoms with Crippen LogP contribution in [0.2, 0.25) is 0 Å². The second-order valence-electron chi connectivity index (χ2n) is 6.69. The van der Waals surface area contributed by atoms with Crippen LogP contribution in [0.3, 0.4) is 0 Å². The van der Waals surface area contributed by atoms with E-state index in [0.29, 0.717) is 6.61 Å². The largest absolute Gasteiger partial charge is 0.396 e. The molecule has 0 bridgehead atoms. The molecule has 7 heteroatoms. The molecule has 1 aliphatic heterocycles. The third-order valence-electron chi connectivity index (χ3n) is 4.32. The maximum absolute atomic E-state index is 9.91. The molecule has 0 unspecified atom stereocenters. The maximum atomic E-state index is 9.91. The first-order chi connectivity index (χ1) is 11.0. The van der Waals surface area contributed by atoms with E-state index in [2.05, 4.69) is 34.0 Å². The minimum absolute atomic E-state index is 0.139. The van der Waals surface area contributed by atoms with Crippen molar-refractivity contribution >= 4 is 17.6 Å². The second-order valence-corrected chi connectivity index (χ2v) is 6.69. The van der Waals surface area contributed by atoms with Gasteiger partial charge in [0.1, 0.15) is 11.6 Å². The summed E-state index contributed by atoms with van der Waals surface area (Å²) >= 11 is 0. The lowest BCUT2D eigenvalue weighted by Crippen LogP contribution is -2.46. The Morgan fingerprint density at radius 3 is 2.91 bits per heavy atom. The zero-order valence-electron chi connectivity index (χ0n) is 14.4. The first-order valence-electron chi connectivity index (χ1n) is 8.24. The Kier molecular flexibility index (Phi) is 6.01. The van der Waals surface area contributed by atoms with E-state index in [1.807, 2.05) is 6.07 Å². The normalized spacial score (nSPS) is 21.7. The molecule has 23 heavy (non-hydrogen) atoms. The molecule has 2 rings (SSSR count). The molecule has 2 heterocycles. The molecule has 0 radical (unpaired) electrons. The van der Waals surface area contributed by atoms with Gasteiger partial charge in [-0.15, -0.1) is 0 Å². The average molecular weight is 323 g/mol. The van der Waals surface area contributed by atoms with Crippen LogP contribution in [0.5, 0.6) is 0 Å². The van der Waals surface area contributed by atoms with Crippen LogP contribution in [0, 0.1) is 5.41 Å². The Labute approximate surface area is 138 Å². The number of anilines is 3. The molecule has 4 N–H and O–H groups in total. The summed E-state index contributed by atoms with van der Waals surface area (Å²) in [5, 5.41) is 13.2. The topological polar surface area (TPSA) is 96.5 Å². The Morgan fingerprint density at radius 1 is 1.48 bits per heavy atom. The number of ether oxygens (including phenoxy) is 1. The molecular weight excluding hydrogens is 294 g/mol. The number of nitrogen functional groups attached to an aromatic ring is 1. The molecule has 130 valence electrons. The van der Waals surface area contributed by atoms with Gasteiger partial charge in [-0.2, -0.15) is 9.97 Å². The lowest BCUT2D eigenvalue weighted by atomic mass is 9.78. The van der Waals surface area contributed by atoms with E-state index in [-0.39, 0.29) is 24.0 Å². The average Bonchev–Trinajstić information content (AvgIpc) is 2.52. The van der Waals surface area contributed by atoms with Gasteiger partial charge < -0.3 is 25.8 Å². The molecule has 0 amide bonds. The van der Waals surface area contributed by atoms with E-state index < -0.39 is 0 Å². The highest BCUT2D eigenvalue weighted by molar-refractivity contribution is 5.53. The van der Waals surface area contributed by atoms with Crippen molar-refractivity contribution in [3.05, 3.63) is 6.07 Å². The molecular formula is C16H29N5O2. The van der Waals surface area contributed by atoms with Crippen molar-refractivity contribution in [2.24, 2.45) is 5.41 Å². The van der Waals surface area contributed by atoms with Crippen LogP contribution < -0.4 is 16.0 Å². The van der Waals surface area contributed by atoms with Gasteiger partial charge in [0.15, 0.2) is 0 Å². The molecule has 0 saturated carbocycles. The fraction of sp³-hybridized carbons (Fsp3) is 0.750. The van der Waals surface area contributed by atoms with Crippen LogP contribution in [0.1, 0.15) is 33.1 Å². The van der Waals surface area contributed by atoms with Gasteiger partial charge in [-0.1, -0.05) is 0 Å². The van der Waals surface area contributed by atoms with Gasteiger partial charge in [0.05, 0.1) is 6.61 Å². The lowest BCUT2D eigenvalue weighted by molar-refractivity contribution is 0.0624. The molecule has 0 spiro atoms. The Balaban J connectivity index is 2.18. The van der Waals surface area contributed by atoms with E-state index >= 15 is 0 Å². The number of aliphatic hydroxyl groups excluding tert-OH is 1. The lowest BCUT2D eigenvalue weighted by Gasteiger charge is -2.42. The van der Waals surface area contributed by atoms with E-state index in [4.69, 9.17) is 10.5 Å². The number of nitrogens with zero attached hydrogens (tertiary/aromatic N) is 3. The van der Waals surface area contributed by atoms with Gasteiger partial charge in [0.2, 0.25) is 5.95 Å². The number of nitrogens with one attached hydrogen (secondary N) is 1. The second kappa shape index (κ2) is 7.79. The first kappa shape index (κ1) is 17.7. The van der Waals surface area contributed by atoms with Crippen LogP contribution in [-0.4, -0.2) is 54.5 Å². The van der Waals surface area contributed by atoms with Crippen molar-refractivity contribution in [2.75, 3.05) is 49.4 Å². The summed E-state index contributed by atoms with van der Waals surface area (Å²) in [4.78, 5) is 10.8. The summed E-state index contributed by atoms with van der Waals surface area (Å²) in [5.74, 6) is 1.82. The molecule has 1 saturated heterocycles. The van der Waals surface area contributed by atoms with Crippen molar-refractivity contribution in [2.45, 2.75) is 39.2 Å². The van der Waals surface area contributed by atoms with E-state index in [1.54, 1.807) is 7.11 Å². The molecule has 1 atom stereocenters. The summed E-state index contributed by atoms with van der Waals surface area (Å²) in [6.45, 7) is 6.59. The Hall–Kier alpha value is -1.60. The van der Waals surface area contributed by atoms with Gasteiger partial charge in [0.25, 0.3) is 0 Å². The summed E-state index contributed by atoms with van der Waals surface area (Å²) in [5.41, 5.74) is 5.72. The van der Waals surface area contributed by atoms with Crippen molar-refractivity contribution < 1.29 is 9.84 Å². The quantitative estimate of drug-likeness (QED) is 0.699. The third-order valence-corrected chi connectivity index (χ3v) is 4.32. The number of aromatic nitrogens is 2. The molecule has 1 aromatic rings. The Bertz CT molecular complexity index is 511. The number of aliphatic hydroxyl groups is 1. The van der Waals surface area contributed by atoms with Crippen LogP contribution in [0.4, 0.5) is 17.6 Å². The van der Waals surface area contributed by atoms with Crippen molar-refractivity contribution in [1.29, 1.82) is 0 Å². The monoisotopic (exact) mass is 323 g/mol. The summed E-state index contributed by atoms with van der Waals surface area (Å²) in [6, 6.07) is 2.21. The van der Waals surface area contributed by atoms with Crippen molar-refractivity contribution in [3.63, 3.8) is 0 Å². The van der Waals surface area contributed by atoms with Gasteiger partial charge >= 0.3 is 0 Å². The highest BCUT2D eigenvalue weighted by Crippen LogP contribution is 2.35. The van der Waals surface area contributed by atoms with Gasteiger partial charge in [-0.3, -0.25) is 0 Å². The predicted octanol–water partition coefficient (Wildman–Crippen LogP) is 1.49. The van der Waals surface area contributed by atoms with Gasteiger partial charge in [-0.25, -0.2) is 0 Å². The Morgan fingerprint density at radius 2 is 2.26 bits per heavy atom. The van der Waals surface area contributed by atoms with Crippen LogP contribution in [0.15, 0.2) is 6.07 Å². The van der Waals surface area contributed by atoms with Gasteiger partial charge in [-0.05, 0) is 33.1 Å². The van der Waals surface area contributed by atoms with Crippen LogP contribution in [-0.2, 0) is 4.74 Å². The number of hydrogen-bond acceptors (Lipinski definition) is 7. The van der Waals surface area contributed by atoms with Crippen molar-refractivity contribution in [1.82, 2.24) is 9.97 Å². The molecule has 0 aromatic carbocycles.